The van der Waals surface area contributed by atoms with E-state index in [9.17, 15) is 0 Å². The Morgan fingerprint density at radius 2 is 2.20 bits per heavy atom. The van der Waals surface area contributed by atoms with Gasteiger partial charge in [-0.3, -0.25) is 0 Å². The Labute approximate surface area is 123 Å². The molecule has 0 radical (unpaired) electrons. The summed E-state index contributed by atoms with van der Waals surface area (Å²) in [6.07, 6.45) is 1.07. The number of benzene rings is 1. The van der Waals surface area contributed by atoms with E-state index in [1.165, 1.54) is 11.1 Å². The van der Waals surface area contributed by atoms with Crippen LogP contribution in [0.2, 0.25) is 0 Å². The van der Waals surface area contributed by atoms with Crippen LogP contribution in [-0.4, -0.2) is 9.55 Å². The second kappa shape index (κ2) is 5.38. The van der Waals surface area contributed by atoms with Crippen LogP contribution in [0.15, 0.2) is 35.7 Å². The van der Waals surface area contributed by atoms with Crippen molar-refractivity contribution in [1.82, 2.24) is 9.55 Å². The fraction of sp³-hybridized carbons (Fsp3) is 0.312. The first kappa shape index (κ1) is 13.3. The Hall–Kier alpha value is -1.65. The van der Waals surface area contributed by atoms with Gasteiger partial charge in [-0.2, -0.15) is 0 Å². The van der Waals surface area contributed by atoms with Gasteiger partial charge in [0.1, 0.15) is 5.82 Å². The molecule has 0 fully saturated rings. The largest absolute Gasteiger partial charge is 0.326 e. The van der Waals surface area contributed by atoms with Gasteiger partial charge in [0.15, 0.2) is 0 Å². The van der Waals surface area contributed by atoms with Crippen LogP contribution in [0.3, 0.4) is 0 Å². The van der Waals surface area contributed by atoms with Crippen molar-refractivity contribution in [2.75, 3.05) is 0 Å². The number of hydrogen-bond acceptors (Lipinski definition) is 3. The summed E-state index contributed by atoms with van der Waals surface area (Å²) in [6, 6.07) is 10.4. The first-order chi connectivity index (χ1) is 9.70. The summed E-state index contributed by atoms with van der Waals surface area (Å²) in [5.41, 5.74) is 9.87. The number of nitrogens with two attached hydrogens (primary N) is 1. The molecule has 1 aromatic carbocycles. The van der Waals surface area contributed by atoms with Crippen molar-refractivity contribution >= 4 is 22.4 Å². The maximum Gasteiger partial charge on any atom is 0.132 e. The first-order valence-electron chi connectivity index (χ1n) is 6.96. The zero-order valence-corrected chi connectivity index (χ0v) is 12.7. The second-order valence-corrected chi connectivity index (χ2v) is 6.09. The molecule has 104 valence electrons. The van der Waals surface area contributed by atoms with E-state index in [2.05, 4.69) is 48.1 Å². The smallest absolute Gasteiger partial charge is 0.132 e. The molecule has 0 spiro atoms. The van der Waals surface area contributed by atoms with Crippen molar-refractivity contribution in [1.29, 1.82) is 0 Å². The molecule has 1 atom stereocenters. The molecular formula is C16H19N3S. The van der Waals surface area contributed by atoms with Gasteiger partial charge in [-0.05, 0) is 42.5 Å². The molecule has 1 unspecified atom stereocenters. The molecule has 20 heavy (non-hydrogen) atoms. The standard InChI is InChI=1S/C16H19N3S/c1-3-8-19-13-7-6-11(2)10-12(13)18-16(19)15(17)14-5-4-9-20-14/h4-7,9-10,15H,3,8,17H2,1-2H3. The van der Waals surface area contributed by atoms with Gasteiger partial charge in [0.05, 0.1) is 17.1 Å². The molecule has 0 aliphatic heterocycles. The molecular weight excluding hydrogens is 266 g/mol. The molecule has 0 saturated carbocycles. The highest BCUT2D eigenvalue weighted by Gasteiger charge is 2.18. The summed E-state index contributed by atoms with van der Waals surface area (Å²) in [7, 11) is 0. The van der Waals surface area contributed by atoms with Crippen molar-refractivity contribution in [3.8, 4) is 0 Å². The van der Waals surface area contributed by atoms with Gasteiger partial charge in [0.25, 0.3) is 0 Å². The van der Waals surface area contributed by atoms with E-state index in [4.69, 9.17) is 10.7 Å². The lowest BCUT2D eigenvalue weighted by atomic mass is 10.2. The lowest BCUT2D eigenvalue weighted by Gasteiger charge is -2.12. The van der Waals surface area contributed by atoms with Gasteiger partial charge in [-0.15, -0.1) is 11.3 Å². The van der Waals surface area contributed by atoms with Crippen LogP contribution in [0.4, 0.5) is 0 Å². The molecule has 2 aromatic heterocycles. The minimum absolute atomic E-state index is 0.144. The van der Waals surface area contributed by atoms with E-state index in [0.717, 1.165) is 29.2 Å². The quantitative estimate of drug-likeness (QED) is 0.791. The highest BCUT2D eigenvalue weighted by Crippen LogP contribution is 2.27. The van der Waals surface area contributed by atoms with E-state index in [1.807, 2.05) is 6.07 Å². The first-order valence-corrected chi connectivity index (χ1v) is 7.84. The van der Waals surface area contributed by atoms with Crippen LogP contribution >= 0.6 is 11.3 Å². The summed E-state index contributed by atoms with van der Waals surface area (Å²) >= 11 is 1.69. The third kappa shape index (κ3) is 2.25. The maximum atomic E-state index is 6.42. The summed E-state index contributed by atoms with van der Waals surface area (Å²) < 4.78 is 2.26. The molecule has 4 heteroatoms. The Balaban J connectivity index is 2.15. The predicted octanol–water partition coefficient (Wildman–Crippen LogP) is 3.86. The number of rotatable bonds is 4. The topological polar surface area (TPSA) is 43.8 Å². The Morgan fingerprint density at radius 1 is 1.35 bits per heavy atom. The zero-order valence-electron chi connectivity index (χ0n) is 11.8. The maximum absolute atomic E-state index is 6.42. The van der Waals surface area contributed by atoms with E-state index >= 15 is 0 Å². The predicted molar refractivity (Wildman–Crippen MR) is 85.1 cm³/mol. The van der Waals surface area contributed by atoms with Gasteiger partial charge in [-0.1, -0.05) is 19.1 Å². The zero-order chi connectivity index (χ0) is 14.1. The molecule has 0 amide bonds. The van der Waals surface area contributed by atoms with Gasteiger partial charge in [0.2, 0.25) is 0 Å². The van der Waals surface area contributed by atoms with Gasteiger partial charge in [0, 0.05) is 11.4 Å². The highest BCUT2D eigenvalue weighted by molar-refractivity contribution is 7.10. The number of aromatic nitrogens is 2. The number of hydrogen-bond donors (Lipinski definition) is 1. The number of fused-ring (bicyclic) bond motifs is 1. The monoisotopic (exact) mass is 285 g/mol. The fourth-order valence-electron chi connectivity index (χ4n) is 2.55. The molecule has 3 rings (SSSR count). The van der Waals surface area contributed by atoms with E-state index < -0.39 is 0 Å². The third-order valence-electron chi connectivity index (χ3n) is 3.51. The molecule has 3 aromatic rings. The lowest BCUT2D eigenvalue weighted by Crippen LogP contribution is -2.17. The van der Waals surface area contributed by atoms with Crippen LogP contribution in [-0.2, 0) is 6.54 Å². The average molecular weight is 285 g/mol. The summed E-state index contributed by atoms with van der Waals surface area (Å²) in [5.74, 6) is 0.968. The summed E-state index contributed by atoms with van der Waals surface area (Å²) in [4.78, 5) is 5.95. The molecule has 2 heterocycles. The van der Waals surface area contributed by atoms with Gasteiger partial charge in [-0.25, -0.2) is 4.98 Å². The van der Waals surface area contributed by atoms with Gasteiger partial charge >= 0.3 is 0 Å². The van der Waals surface area contributed by atoms with E-state index in [1.54, 1.807) is 11.3 Å². The SMILES string of the molecule is CCCn1c(C(N)c2cccs2)nc2cc(C)ccc21. The number of imidazole rings is 1. The number of aryl methyl sites for hydroxylation is 2. The van der Waals surface area contributed by atoms with Crippen LogP contribution in [0.1, 0.15) is 35.7 Å². The third-order valence-corrected chi connectivity index (χ3v) is 4.46. The van der Waals surface area contributed by atoms with Crippen LogP contribution < -0.4 is 5.73 Å². The van der Waals surface area contributed by atoms with Crippen molar-refractivity contribution in [2.45, 2.75) is 32.9 Å². The number of thiophene rings is 1. The van der Waals surface area contributed by atoms with Crippen molar-refractivity contribution in [3.63, 3.8) is 0 Å². The van der Waals surface area contributed by atoms with Crippen LogP contribution in [0, 0.1) is 6.92 Å². The number of nitrogens with zero attached hydrogens (tertiary/aromatic N) is 2. The van der Waals surface area contributed by atoms with Crippen LogP contribution in [0.5, 0.6) is 0 Å². The minimum Gasteiger partial charge on any atom is -0.326 e. The molecule has 2 N–H and O–H groups in total. The Bertz CT molecular complexity index is 713. The van der Waals surface area contributed by atoms with Gasteiger partial charge < -0.3 is 10.3 Å². The molecule has 3 nitrogen and oxygen atoms in total. The Kier molecular flexibility index (Phi) is 3.59. The van der Waals surface area contributed by atoms with E-state index in [-0.39, 0.29) is 6.04 Å². The van der Waals surface area contributed by atoms with Crippen molar-refractivity contribution < 1.29 is 0 Å². The Morgan fingerprint density at radius 3 is 2.90 bits per heavy atom. The minimum atomic E-state index is -0.144. The molecule has 0 bridgehead atoms. The average Bonchev–Trinajstić information content (AvgIpc) is 3.06. The summed E-state index contributed by atoms with van der Waals surface area (Å²) in [6.45, 7) is 5.23. The highest BCUT2D eigenvalue weighted by atomic mass is 32.1. The lowest BCUT2D eigenvalue weighted by molar-refractivity contribution is 0.630. The van der Waals surface area contributed by atoms with E-state index in [0.29, 0.717) is 0 Å². The molecule has 0 saturated heterocycles. The van der Waals surface area contributed by atoms with Crippen molar-refractivity contribution in [2.24, 2.45) is 5.73 Å². The fourth-order valence-corrected chi connectivity index (χ4v) is 3.27. The van der Waals surface area contributed by atoms with Crippen LogP contribution in [0.25, 0.3) is 11.0 Å². The summed E-state index contributed by atoms with van der Waals surface area (Å²) in [5, 5.41) is 2.06. The second-order valence-electron chi connectivity index (χ2n) is 5.11. The molecule has 0 aliphatic carbocycles. The van der Waals surface area contributed by atoms with Crippen molar-refractivity contribution in [3.05, 3.63) is 52.0 Å². The normalized spacial score (nSPS) is 12.9. The molecule has 0 aliphatic rings.